The molecular formula is C11H9F3N2S. The molecular weight excluding hydrogens is 249 g/mol. The standard InChI is InChI=1S/C11H9F3N2S/c1-6(9-4-15-5-17-9)16-8-3-2-7(12)10(13)11(8)14/h2-6,16H,1H3. The number of hydrogen-bond acceptors (Lipinski definition) is 3. The molecule has 1 heterocycles. The summed E-state index contributed by atoms with van der Waals surface area (Å²) in [4.78, 5) is 4.77. The number of benzene rings is 1. The van der Waals surface area contributed by atoms with Crippen molar-refractivity contribution in [3.63, 3.8) is 0 Å². The van der Waals surface area contributed by atoms with Gasteiger partial charge in [-0.3, -0.25) is 4.98 Å². The molecule has 2 aromatic rings. The van der Waals surface area contributed by atoms with Crippen molar-refractivity contribution in [1.29, 1.82) is 0 Å². The second-order valence-electron chi connectivity index (χ2n) is 3.49. The highest BCUT2D eigenvalue weighted by Gasteiger charge is 2.15. The molecule has 1 N–H and O–H groups in total. The summed E-state index contributed by atoms with van der Waals surface area (Å²) >= 11 is 1.40. The van der Waals surface area contributed by atoms with Crippen LogP contribution in [0.1, 0.15) is 17.8 Å². The highest BCUT2D eigenvalue weighted by molar-refractivity contribution is 7.09. The molecule has 0 radical (unpaired) electrons. The van der Waals surface area contributed by atoms with Crippen molar-refractivity contribution >= 4 is 17.0 Å². The quantitative estimate of drug-likeness (QED) is 0.848. The maximum atomic E-state index is 13.4. The van der Waals surface area contributed by atoms with E-state index in [9.17, 15) is 13.2 Å². The summed E-state index contributed by atoms with van der Waals surface area (Å²) in [5.74, 6) is -3.87. The predicted octanol–water partition coefficient (Wildman–Crippen LogP) is 3.73. The van der Waals surface area contributed by atoms with Gasteiger partial charge in [-0.05, 0) is 19.1 Å². The Morgan fingerprint density at radius 2 is 2.00 bits per heavy atom. The Balaban J connectivity index is 2.22. The van der Waals surface area contributed by atoms with Crippen LogP contribution in [0.4, 0.5) is 18.9 Å². The zero-order valence-electron chi connectivity index (χ0n) is 8.88. The van der Waals surface area contributed by atoms with Crippen LogP contribution in [0.5, 0.6) is 0 Å². The molecule has 0 fully saturated rings. The molecule has 0 spiro atoms. The largest absolute Gasteiger partial charge is 0.375 e. The summed E-state index contributed by atoms with van der Waals surface area (Å²) in [6, 6.07) is 1.84. The Morgan fingerprint density at radius 3 is 2.65 bits per heavy atom. The van der Waals surface area contributed by atoms with Gasteiger partial charge in [-0.2, -0.15) is 0 Å². The lowest BCUT2D eigenvalue weighted by atomic mass is 10.2. The zero-order valence-corrected chi connectivity index (χ0v) is 9.69. The third-order valence-corrected chi connectivity index (χ3v) is 3.24. The van der Waals surface area contributed by atoms with E-state index in [2.05, 4.69) is 10.3 Å². The van der Waals surface area contributed by atoms with Gasteiger partial charge in [-0.1, -0.05) is 0 Å². The molecule has 90 valence electrons. The molecule has 1 unspecified atom stereocenters. The van der Waals surface area contributed by atoms with Gasteiger partial charge < -0.3 is 5.32 Å². The molecule has 17 heavy (non-hydrogen) atoms. The van der Waals surface area contributed by atoms with Crippen molar-refractivity contribution in [3.05, 3.63) is 46.2 Å². The van der Waals surface area contributed by atoms with E-state index < -0.39 is 17.5 Å². The minimum absolute atomic E-state index is 0.0650. The number of hydrogen-bond donors (Lipinski definition) is 1. The molecule has 2 nitrogen and oxygen atoms in total. The average Bonchev–Trinajstić information content (AvgIpc) is 2.83. The van der Waals surface area contributed by atoms with Gasteiger partial charge in [0.2, 0.25) is 0 Å². The summed E-state index contributed by atoms with van der Waals surface area (Å²) in [6.07, 6.45) is 1.64. The monoisotopic (exact) mass is 258 g/mol. The fourth-order valence-electron chi connectivity index (χ4n) is 1.38. The summed E-state index contributed by atoms with van der Waals surface area (Å²) in [7, 11) is 0. The lowest BCUT2D eigenvalue weighted by Gasteiger charge is -2.14. The average molecular weight is 258 g/mol. The molecule has 0 amide bonds. The minimum Gasteiger partial charge on any atom is -0.375 e. The Hall–Kier alpha value is -1.56. The molecule has 0 aliphatic heterocycles. The topological polar surface area (TPSA) is 24.9 Å². The van der Waals surface area contributed by atoms with E-state index in [0.29, 0.717) is 0 Å². The van der Waals surface area contributed by atoms with Crippen LogP contribution in [-0.4, -0.2) is 4.98 Å². The van der Waals surface area contributed by atoms with Crippen LogP contribution in [0.15, 0.2) is 23.8 Å². The number of nitrogens with one attached hydrogen (secondary N) is 1. The Kier molecular flexibility index (Phi) is 3.33. The molecule has 2 rings (SSSR count). The molecule has 1 aromatic heterocycles. The number of halogens is 3. The molecule has 0 bridgehead atoms. The van der Waals surface area contributed by atoms with Crippen LogP contribution >= 0.6 is 11.3 Å². The molecule has 1 atom stereocenters. The van der Waals surface area contributed by atoms with E-state index in [-0.39, 0.29) is 11.7 Å². The van der Waals surface area contributed by atoms with E-state index in [1.807, 2.05) is 0 Å². The van der Waals surface area contributed by atoms with Gasteiger partial charge in [-0.25, -0.2) is 13.2 Å². The van der Waals surface area contributed by atoms with Crippen molar-refractivity contribution in [2.45, 2.75) is 13.0 Å². The fraction of sp³-hybridized carbons (Fsp3) is 0.182. The zero-order chi connectivity index (χ0) is 12.4. The lowest BCUT2D eigenvalue weighted by molar-refractivity contribution is 0.448. The van der Waals surface area contributed by atoms with Crippen molar-refractivity contribution in [2.75, 3.05) is 5.32 Å². The molecule has 0 aliphatic rings. The van der Waals surface area contributed by atoms with Gasteiger partial charge in [0.25, 0.3) is 0 Å². The Bertz CT molecular complexity index is 514. The molecule has 1 aromatic carbocycles. The van der Waals surface area contributed by atoms with Crippen LogP contribution in [-0.2, 0) is 0 Å². The van der Waals surface area contributed by atoms with Crippen LogP contribution in [0, 0.1) is 17.5 Å². The van der Waals surface area contributed by atoms with Gasteiger partial charge in [0.05, 0.1) is 17.2 Å². The number of rotatable bonds is 3. The van der Waals surface area contributed by atoms with Crippen LogP contribution < -0.4 is 5.32 Å². The van der Waals surface area contributed by atoms with Crippen LogP contribution in [0.25, 0.3) is 0 Å². The first kappa shape index (κ1) is 11.9. The van der Waals surface area contributed by atoms with E-state index in [0.717, 1.165) is 10.9 Å². The second kappa shape index (κ2) is 4.75. The minimum atomic E-state index is -1.47. The molecule has 0 saturated heterocycles. The maximum absolute atomic E-state index is 13.4. The predicted molar refractivity (Wildman–Crippen MR) is 60.5 cm³/mol. The van der Waals surface area contributed by atoms with E-state index in [4.69, 9.17) is 0 Å². The first-order valence-electron chi connectivity index (χ1n) is 4.88. The molecule has 6 heteroatoms. The summed E-state index contributed by atoms with van der Waals surface area (Å²) in [6.45, 7) is 1.79. The maximum Gasteiger partial charge on any atom is 0.196 e. The first-order chi connectivity index (χ1) is 8.09. The Labute approximate surface area is 100 Å². The van der Waals surface area contributed by atoms with Gasteiger partial charge in [0.15, 0.2) is 17.5 Å². The Morgan fingerprint density at radius 1 is 1.24 bits per heavy atom. The summed E-state index contributed by atoms with van der Waals surface area (Å²) in [5.41, 5.74) is 1.58. The summed E-state index contributed by atoms with van der Waals surface area (Å²) in [5, 5.41) is 2.77. The van der Waals surface area contributed by atoms with E-state index in [1.165, 1.54) is 17.4 Å². The third kappa shape index (κ3) is 2.41. The van der Waals surface area contributed by atoms with Gasteiger partial charge in [0.1, 0.15) is 0 Å². The smallest absolute Gasteiger partial charge is 0.196 e. The van der Waals surface area contributed by atoms with Crippen molar-refractivity contribution in [3.8, 4) is 0 Å². The van der Waals surface area contributed by atoms with E-state index >= 15 is 0 Å². The van der Waals surface area contributed by atoms with Crippen molar-refractivity contribution in [1.82, 2.24) is 4.98 Å². The number of aromatic nitrogens is 1. The number of nitrogens with zero attached hydrogens (tertiary/aromatic N) is 1. The highest BCUT2D eigenvalue weighted by atomic mass is 32.1. The van der Waals surface area contributed by atoms with Gasteiger partial charge in [0, 0.05) is 11.1 Å². The third-order valence-electron chi connectivity index (χ3n) is 2.29. The van der Waals surface area contributed by atoms with Crippen molar-refractivity contribution < 1.29 is 13.2 Å². The van der Waals surface area contributed by atoms with Gasteiger partial charge in [-0.15, -0.1) is 11.3 Å². The van der Waals surface area contributed by atoms with E-state index in [1.54, 1.807) is 18.6 Å². The SMILES string of the molecule is CC(Nc1ccc(F)c(F)c1F)c1cncs1. The fourth-order valence-corrected chi connectivity index (χ4v) is 2.01. The van der Waals surface area contributed by atoms with Gasteiger partial charge >= 0.3 is 0 Å². The normalized spacial score (nSPS) is 12.5. The first-order valence-corrected chi connectivity index (χ1v) is 5.76. The number of thiazole rings is 1. The second-order valence-corrected chi connectivity index (χ2v) is 4.41. The molecule has 0 saturated carbocycles. The van der Waals surface area contributed by atoms with Crippen molar-refractivity contribution in [2.24, 2.45) is 0 Å². The van der Waals surface area contributed by atoms with Crippen LogP contribution in [0.2, 0.25) is 0 Å². The highest BCUT2D eigenvalue weighted by Crippen LogP contribution is 2.25. The number of anilines is 1. The summed E-state index contributed by atoms with van der Waals surface area (Å²) < 4.78 is 39.1. The van der Waals surface area contributed by atoms with Crippen LogP contribution in [0.3, 0.4) is 0 Å². The molecule has 0 aliphatic carbocycles. The lowest BCUT2D eigenvalue weighted by Crippen LogP contribution is -2.08.